The third-order valence-electron chi connectivity index (χ3n) is 3.81. The maximum absolute atomic E-state index is 11.8. The topological polar surface area (TPSA) is 88.4 Å². The summed E-state index contributed by atoms with van der Waals surface area (Å²) in [5.74, 6) is 0.0202. The Morgan fingerprint density at radius 1 is 1.33 bits per heavy atom. The van der Waals surface area contributed by atoms with Crippen molar-refractivity contribution in [2.45, 2.75) is 37.0 Å². The smallest absolute Gasteiger partial charge is 0.287 e. The molecule has 1 amide bonds. The normalized spacial score (nSPS) is 22.9. The van der Waals surface area contributed by atoms with Gasteiger partial charge >= 0.3 is 0 Å². The van der Waals surface area contributed by atoms with Crippen LogP contribution in [0.2, 0.25) is 0 Å². The minimum absolute atomic E-state index is 0.0192. The summed E-state index contributed by atoms with van der Waals surface area (Å²) in [4.78, 5) is 11.7. The molecule has 6 nitrogen and oxygen atoms in total. The molecule has 0 bridgehead atoms. The number of nitrogens with one attached hydrogen (secondary N) is 2. The van der Waals surface area contributed by atoms with Crippen LogP contribution in [-0.2, 0) is 9.84 Å². The summed E-state index contributed by atoms with van der Waals surface area (Å²) in [6, 6.07) is 3.24. The second-order valence-corrected chi connectivity index (χ2v) is 7.71. The average Bonchev–Trinajstić information content (AvgIpc) is 2.97. The van der Waals surface area contributed by atoms with Crippen molar-refractivity contribution in [3.63, 3.8) is 0 Å². The summed E-state index contributed by atoms with van der Waals surface area (Å²) >= 11 is 0. The number of hydrogen-bond donors (Lipinski definition) is 2. The predicted octanol–water partition coefficient (Wildman–Crippen LogP) is 0.955. The molecule has 1 aromatic heterocycles. The molecule has 0 aliphatic heterocycles. The Bertz CT molecular complexity index is 554. The fourth-order valence-corrected chi connectivity index (χ4v) is 4.20. The van der Waals surface area contributed by atoms with Crippen molar-refractivity contribution >= 4 is 15.7 Å². The van der Waals surface area contributed by atoms with Crippen LogP contribution in [0.4, 0.5) is 0 Å². The monoisotopic (exact) mass is 314 g/mol. The molecule has 1 aliphatic carbocycles. The Balaban J connectivity index is 1.75. The Morgan fingerprint density at radius 2 is 2.10 bits per heavy atom. The summed E-state index contributed by atoms with van der Waals surface area (Å²) in [6.45, 7) is 0.982. The van der Waals surface area contributed by atoms with E-state index >= 15 is 0 Å². The highest BCUT2D eigenvalue weighted by atomic mass is 32.2. The number of carbonyl (C=O) groups is 1. The van der Waals surface area contributed by atoms with Gasteiger partial charge in [-0.15, -0.1) is 0 Å². The number of furan rings is 1. The highest BCUT2D eigenvalue weighted by Crippen LogP contribution is 2.23. The fraction of sp³-hybridized carbons (Fsp3) is 0.643. The maximum atomic E-state index is 11.8. The first-order chi connectivity index (χ1) is 9.98. The Morgan fingerprint density at radius 3 is 2.76 bits per heavy atom. The molecular formula is C14H22N2O4S. The van der Waals surface area contributed by atoms with Crippen molar-refractivity contribution in [2.24, 2.45) is 0 Å². The molecule has 2 atom stereocenters. The summed E-state index contributed by atoms with van der Waals surface area (Å²) in [7, 11) is -3.03. The van der Waals surface area contributed by atoms with Gasteiger partial charge in [-0.1, -0.05) is 12.8 Å². The van der Waals surface area contributed by atoms with Gasteiger partial charge in [0.05, 0.1) is 11.5 Å². The lowest BCUT2D eigenvalue weighted by Gasteiger charge is -2.31. The molecule has 1 heterocycles. The van der Waals surface area contributed by atoms with Crippen LogP contribution in [0.15, 0.2) is 22.8 Å². The van der Waals surface area contributed by atoms with Gasteiger partial charge in [0.15, 0.2) is 15.6 Å². The molecule has 2 N–H and O–H groups in total. The maximum Gasteiger partial charge on any atom is 0.287 e. The Kier molecular flexibility index (Phi) is 5.41. The summed E-state index contributed by atoms with van der Waals surface area (Å²) < 4.78 is 28.5. The van der Waals surface area contributed by atoms with Crippen LogP contribution in [0.5, 0.6) is 0 Å². The van der Waals surface area contributed by atoms with E-state index in [-0.39, 0.29) is 23.0 Å². The molecule has 1 fully saturated rings. The molecule has 1 aliphatic rings. The summed E-state index contributed by atoms with van der Waals surface area (Å²) in [5, 5.41) is 5.68. The fourth-order valence-electron chi connectivity index (χ4n) is 2.77. The van der Waals surface area contributed by atoms with E-state index in [1.807, 2.05) is 0 Å². The number of sulfone groups is 1. The third kappa shape index (κ3) is 4.57. The molecule has 21 heavy (non-hydrogen) atoms. The minimum Gasteiger partial charge on any atom is -0.459 e. The summed E-state index contributed by atoms with van der Waals surface area (Å²) in [6.07, 6.45) is 6.34. The van der Waals surface area contributed by atoms with E-state index < -0.39 is 9.84 Å². The molecule has 1 aromatic rings. The molecule has 2 unspecified atom stereocenters. The highest BCUT2D eigenvalue weighted by Gasteiger charge is 2.32. The van der Waals surface area contributed by atoms with Gasteiger partial charge in [0.1, 0.15) is 0 Å². The van der Waals surface area contributed by atoms with Crippen LogP contribution in [0.25, 0.3) is 0 Å². The first-order valence-corrected chi connectivity index (χ1v) is 9.18. The van der Waals surface area contributed by atoms with Gasteiger partial charge in [0, 0.05) is 25.4 Å². The van der Waals surface area contributed by atoms with Crippen LogP contribution in [0, 0.1) is 0 Å². The van der Waals surface area contributed by atoms with E-state index in [2.05, 4.69) is 10.6 Å². The molecule has 0 aromatic carbocycles. The zero-order valence-electron chi connectivity index (χ0n) is 12.2. The van der Waals surface area contributed by atoms with E-state index in [9.17, 15) is 13.2 Å². The second kappa shape index (κ2) is 7.09. The summed E-state index contributed by atoms with van der Waals surface area (Å²) in [5.41, 5.74) is 0. The van der Waals surface area contributed by atoms with Crippen LogP contribution < -0.4 is 10.6 Å². The molecule has 0 saturated heterocycles. The van der Waals surface area contributed by atoms with Crippen molar-refractivity contribution in [3.05, 3.63) is 24.2 Å². The second-order valence-electron chi connectivity index (χ2n) is 5.45. The average molecular weight is 314 g/mol. The van der Waals surface area contributed by atoms with Gasteiger partial charge < -0.3 is 15.1 Å². The van der Waals surface area contributed by atoms with Crippen molar-refractivity contribution < 1.29 is 17.6 Å². The van der Waals surface area contributed by atoms with Gasteiger partial charge in [0.25, 0.3) is 5.91 Å². The first-order valence-electron chi connectivity index (χ1n) is 7.22. The zero-order chi connectivity index (χ0) is 15.3. The first kappa shape index (κ1) is 16.0. The molecule has 2 rings (SSSR count). The molecule has 0 radical (unpaired) electrons. The van der Waals surface area contributed by atoms with Crippen molar-refractivity contribution in [3.8, 4) is 0 Å². The lowest BCUT2D eigenvalue weighted by Crippen LogP contribution is -2.48. The van der Waals surface area contributed by atoms with Gasteiger partial charge in [-0.25, -0.2) is 8.42 Å². The van der Waals surface area contributed by atoms with E-state index in [0.717, 1.165) is 25.7 Å². The predicted molar refractivity (Wildman–Crippen MR) is 79.9 cm³/mol. The van der Waals surface area contributed by atoms with Crippen molar-refractivity contribution in [1.29, 1.82) is 0 Å². The van der Waals surface area contributed by atoms with Gasteiger partial charge in [-0.05, 0) is 25.0 Å². The highest BCUT2D eigenvalue weighted by molar-refractivity contribution is 7.91. The Labute approximate surface area is 125 Å². The minimum atomic E-state index is -3.03. The SMILES string of the molecule is CS(=O)(=O)C1CCCCC1NCCNC(=O)c1ccco1. The molecule has 118 valence electrons. The quantitative estimate of drug-likeness (QED) is 0.763. The van der Waals surface area contributed by atoms with Gasteiger partial charge in [0.2, 0.25) is 0 Å². The lowest BCUT2D eigenvalue weighted by atomic mass is 9.95. The molecule has 1 saturated carbocycles. The molecular weight excluding hydrogens is 292 g/mol. The van der Waals surface area contributed by atoms with Gasteiger partial charge in [-0.3, -0.25) is 4.79 Å². The number of rotatable bonds is 6. The number of hydrogen-bond acceptors (Lipinski definition) is 5. The van der Waals surface area contributed by atoms with Crippen LogP contribution >= 0.6 is 0 Å². The largest absolute Gasteiger partial charge is 0.459 e. The van der Waals surface area contributed by atoms with E-state index in [1.165, 1.54) is 12.5 Å². The third-order valence-corrected chi connectivity index (χ3v) is 5.48. The zero-order valence-corrected chi connectivity index (χ0v) is 13.0. The van der Waals surface area contributed by atoms with E-state index in [0.29, 0.717) is 13.1 Å². The van der Waals surface area contributed by atoms with E-state index in [1.54, 1.807) is 12.1 Å². The lowest BCUT2D eigenvalue weighted by molar-refractivity contribution is 0.0925. The molecule has 0 spiro atoms. The van der Waals surface area contributed by atoms with Gasteiger partial charge in [-0.2, -0.15) is 0 Å². The Hall–Kier alpha value is -1.34. The number of carbonyl (C=O) groups excluding carboxylic acids is 1. The van der Waals surface area contributed by atoms with Crippen LogP contribution in [0.3, 0.4) is 0 Å². The van der Waals surface area contributed by atoms with Crippen LogP contribution in [0.1, 0.15) is 36.2 Å². The van der Waals surface area contributed by atoms with Crippen molar-refractivity contribution in [2.75, 3.05) is 19.3 Å². The standard InChI is InChI=1S/C14H22N2O4S/c1-21(18,19)13-7-3-2-5-11(13)15-8-9-16-14(17)12-6-4-10-20-12/h4,6,10-11,13,15H,2-3,5,7-9H2,1H3,(H,16,17). The molecule has 7 heteroatoms. The van der Waals surface area contributed by atoms with Crippen LogP contribution in [-0.4, -0.2) is 45.0 Å². The van der Waals surface area contributed by atoms with E-state index in [4.69, 9.17) is 4.42 Å². The van der Waals surface area contributed by atoms with Crippen molar-refractivity contribution in [1.82, 2.24) is 10.6 Å². The number of amides is 1.